The highest BCUT2D eigenvalue weighted by atomic mass is 31.2. The van der Waals surface area contributed by atoms with Gasteiger partial charge in [-0.2, -0.15) is 0 Å². The van der Waals surface area contributed by atoms with Gasteiger partial charge in [-0.05, 0) is 102 Å². The molecule has 1 N–H and O–H groups in total. The third kappa shape index (κ3) is 67.7. The van der Waals surface area contributed by atoms with Gasteiger partial charge in [0.15, 0.2) is 0 Å². The molecule has 0 aromatic rings. The largest absolute Gasteiger partial charge is 0.756 e. The smallest absolute Gasteiger partial charge is 0.306 e. The molecule has 0 aromatic heterocycles. The van der Waals surface area contributed by atoms with Crippen LogP contribution in [0.4, 0.5) is 0 Å². The Hall–Kier alpha value is -2.55. The molecule has 0 radical (unpaired) electrons. The molecule has 0 aliphatic heterocycles. The number of nitrogens with zero attached hydrogens (tertiary/aromatic N) is 1. The van der Waals surface area contributed by atoms with Gasteiger partial charge in [-0.1, -0.05) is 312 Å². The summed E-state index contributed by atoms with van der Waals surface area (Å²) in [7, 11) is 1.19. The van der Waals surface area contributed by atoms with Crippen LogP contribution in [0.2, 0.25) is 0 Å². The molecule has 87 heavy (non-hydrogen) atoms. The Balaban J connectivity index is 4.94. The molecule has 0 rings (SSSR count). The lowest BCUT2D eigenvalue weighted by Crippen LogP contribution is -2.47. The van der Waals surface area contributed by atoms with E-state index in [9.17, 15) is 19.0 Å². The SMILES string of the molecule is CCCCC/C=C\C/C=C\C/C=C\CCCCCCCCCCCCCCCCC(=O)OC(/C=C/CCCCCCCCCCC)C(COP(=O)([O-])OCC[N+](C)(C)C)NC(=O)CCCCCCCCCCCCCCC/C=C\C/C=C\CCCCC. The van der Waals surface area contributed by atoms with Crippen LogP contribution in [0.3, 0.4) is 0 Å². The van der Waals surface area contributed by atoms with E-state index in [1.165, 1.54) is 244 Å². The Labute approximate surface area is 540 Å². The standard InChI is InChI=1S/C77H143N2O7P/c1-7-10-13-16-19-22-25-27-29-31-33-35-37-38-39-40-42-44-46-48-50-52-55-58-61-64-67-70-77(81)86-75(68-65-62-59-56-53-24-21-18-15-12-9-3)74(73-85-87(82,83)84-72-71-79(4,5)6)78-76(80)69-66-63-60-57-54-51-49-47-45-43-41-36-34-32-30-28-26-23-20-17-14-11-8-2/h19-20,22-23,27-30,33,35,65,68,74-75H,7-18,21,24-26,31-32,34,36-64,66-67,69-73H2,1-6H3,(H-,78,80,82,83)/b22-19-,23-20-,29-27-,30-28-,35-33-,68-65+. The van der Waals surface area contributed by atoms with E-state index in [0.717, 1.165) is 77.0 Å². The average Bonchev–Trinajstić information content (AvgIpc) is 3.70. The van der Waals surface area contributed by atoms with Crippen LogP contribution in [0.15, 0.2) is 72.9 Å². The Morgan fingerprint density at radius 3 is 1.07 bits per heavy atom. The number of unbranched alkanes of at least 4 members (excludes halogenated alkanes) is 42. The quantitative estimate of drug-likeness (QED) is 0.0212. The number of quaternary nitrogens is 1. The van der Waals surface area contributed by atoms with Crippen LogP contribution in [0.5, 0.6) is 0 Å². The monoisotopic (exact) mass is 1240 g/mol. The highest BCUT2D eigenvalue weighted by molar-refractivity contribution is 7.45. The van der Waals surface area contributed by atoms with Gasteiger partial charge in [-0.15, -0.1) is 0 Å². The van der Waals surface area contributed by atoms with Crippen molar-refractivity contribution in [3.8, 4) is 0 Å². The minimum Gasteiger partial charge on any atom is -0.756 e. The highest BCUT2D eigenvalue weighted by Gasteiger charge is 2.27. The number of hydrogen-bond acceptors (Lipinski definition) is 7. The first kappa shape index (κ1) is 84.5. The first-order valence-electron chi connectivity index (χ1n) is 37.2. The lowest BCUT2D eigenvalue weighted by atomic mass is 10.0. The van der Waals surface area contributed by atoms with Crippen molar-refractivity contribution in [2.75, 3.05) is 40.9 Å². The van der Waals surface area contributed by atoms with E-state index in [4.69, 9.17) is 13.8 Å². The zero-order valence-electron chi connectivity index (χ0n) is 58.2. The van der Waals surface area contributed by atoms with Crippen molar-refractivity contribution >= 4 is 19.7 Å². The van der Waals surface area contributed by atoms with Gasteiger partial charge < -0.3 is 28.5 Å². The molecular formula is C77H143N2O7P. The van der Waals surface area contributed by atoms with Crippen molar-refractivity contribution in [2.45, 2.75) is 367 Å². The molecule has 9 nitrogen and oxygen atoms in total. The molecule has 10 heteroatoms. The summed E-state index contributed by atoms with van der Waals surface area (Å²) in [5.74, 6) is -0.531. The summed E-state index contributed by atoms with van der Waals surface area (Å²) in [5.41, 5.74) is 0. The fourth-order valence-electron chi connectivity index (χ4n) is 10.9. The fourth-order valence-corrected chi connectivity index (χ4v) is 11.6. The third-order valence-corrected chi connectivity index (χ3v) is 17.6. The van der Waals surface area contributed by atoms with Crippen LogP contribution >= 0.6 is 7.82 Å². The van der Waals surface area contributed by atoms with Crippen LogP contribution in [-0.2, 0) is 27.9 Å². The maximum absolute atomic E-state index is 13.6. The number of phosphoric acid groups is 1. The van der Waals surface area contributed by atoms with E-state index in [1.54, 1.807) is 0 Å². The van der Waals surface area contributed by atoms with E-state index in [0.29, 0.717) is 17.4 Å². The summed E-state index contributed by atoms with van der Waals surface area (Å²) in [5, 5.41) is 3.05. The third-order valence-electron chi connectivity index (χ3n) is 16.6. The normalized spacial score (nSPS) is 13.9. The van der Waals surface area contributed by atoms with Crippen molar-refractivity contribution in [1.29, 1.82) is 0 Å². The van der Waals surface area contributed by atoms with Gasteiger partial charge in [-0.25, -0.2) is 0 Å². The summed E-state index contributed by atoms with van der Waals surface area (Å²) < 4.78 is 30.5. The van der Waals surface area contributed by atoms with Crippen molar-refractivity contribution in [3.05, 3.63) is 72.9 Å². The highest BCUT2D eigenvalue weighted by Crippen LogP contribution is 2.38. The number of carbonyl (C=O) groups excluding carboxylic acids is 2. The van der Waals surface area contributed by atoms with Crippen LogP contribution < -0.4 is 10.2 Å². The van der Waals surface area contributed by atoms with Gasteiger partial charge in [-0.3, -0.25) is 14.2 Å². The first-order chi connectivity index (χ1) is 42.4. The van der Waals surface area contributed by atoms with Gasteiger partial charge in [0.2, 0.25) is 5.91 Å². The molecule has 0 aliphatic carbocycles. The second-order valence-corrected chi connectivity index (χ2v) is 27.9. The van der Waals surface area contributed by atoms with Crippen LogP contribution in [0, 0.1) is 0 Å². The fraction of sp³-hybridized carbons (Fsp3) is 0.818. The van der Waals surface area contributed by atoms with E-state index in [-0.39, 0.29) is 31.5 Å². The number of hydrogen-bond donors (Lipinski definition) is 1. The molecular weight excluding hydrogens is 1100 g/mol. The minimum atomic E-state index is -4.71. The molecule has 0 aliphatic rings. The zero-order chi connectivity index (χ0) is 63.5. The number of nitrogens with one attached hydrogen (secondary N) is 1. The number of phosphoric ester groups is 1. The zero-order valence-corrected chi connectivity index (χ0v) is 59.1. The van der Waals surface area contributed by atoms with Crippen molar-refractivity contribution < 1.29 is 37.3 Å². The topological polar surface area (TPSA) is 114 Å². The molecule has 3 unspecified atom stereocenters. The van der Waals surface area contributed by atoms with Crippen LogP contribution in [0.1, 0.15) is 355 Å². The lowest BCUT2D eigenvalue weighted by Gasteiger charge is -2.30. The number of carbonyl (C=O) groups is 2. The van der Waals surface area contributed by atoms with E-state index in [1.807, 2.05) is 33.3 Å². The number of amides is 1. The van der Waals surface area contributed by atoms with Gasteiger partial charge in [0.05, 0.1) is 33.8 Å². The molecule has 0 aromatic carbocycles. The molecule has 1 amide bonds. The number of likely N-dealkylation sites (N-methyl/N-ethyl adjacent to an activating group) is 1. The van der Waals surface area contributed by atoms with Crippen LogP contribution in [0.25, 0.3) is 0 Å². The summed E-state index contributed by atoms with van der Waals surface area (Å²) in [4.78, 5) is 40.2. The molecule has 3 atom stereocenters. The second kappa shape index (κ2) is 66.4. The number of ether oxygens (including phenoxy) is 1. The van der Waals surface area contributed by atoms with E-state index in [2.05, 4.69) is 86.8 Å². The van der Waals surface area contributed by atoms with Crippen LogP contribution in [-0.4, -0.2) is 69.4 Å². The maximum Gasteiger partial charge on any atom is 0.306 e. The molecule has 0 bridgehead atoms. The van der Waals surface area contributed by atoms with E-state index >= 15 is 0 Å². The Kier molecular flexibility index (Phi) is 64.4. The Bertz CT molecular complexity index is 1720. The van der Waals surface area contributed by atoms with E-state index < -0.39 is 20.0 Å². The lowest BCUT2D eigenvalue weighted by molar-refractivity contribution is -0.870. The second-order valence-electron chi connectivity index (χ2n) is 26.4. The molecule has 508 valence electrons. The van der Waals surface area contributed by atoms with Crippen molar-refractivity contribution in [3.63, 3.8) is 0 Å². The summed E-state index contributed by atoms with van der Waals surface area (Å²) >= 11 is 0. The summed E-state index contributed by atoms with van der Waals surface area (Å²) in [6.07, 6.45) is 87.5. The van der Waals surface area contributed by atoms with Gasteiger partial charge in [0.1, 0.15) is 19.3 Å². The summed E-state index contributed by atoms with van der Waals surface area (Å²) in [6, 6.07) is -0.891. The molecule has 0 saturated carbocycles. The first-order valence-corrected chi connectivity index (χ1v) is 38.7. The number of rotatable bonds is 68. The van der Waals surface area contributed by atoms with Gasteiger partial charge in [0.25, 0.3) is 7.82 Å². The average molecular weight is 1240 g/mol. The number of esters is 1. The Morgan fingerprint density at radius 2 is 0.701 bits per heavy atom. The molecule has 0 saturated heterocycles. The van der Waals surface area contributed by atoms with Gasteiger partial charge in [0, 0.05) is 12.8 Å². The van der Waals surface area contributed by atoms with Gasteiger partial charge >= 0.3 is 5.97 Å². The number of allylic oxidation sites excluding steroid dienone is 11. The van der Waals surface area contributed by atoms with Crippen molar-refractivity contribution in [2.24, 2.45) is 0 Å². The molecule has 0 spiro atoms. The maximum atomic E-state index is 13.6. The summed E-state index contributed by atoms with van der Waals surface area (Å²) in [6.45, 7) is 6.83. The molecule has 0 fully saturated rings. The minimum absolute atomic E-state index is 0.0228. The van der Waals surface area contributed by atoms with Crippen molar-refractivity contribution in [1.82, 2.24) is 5.32 Å². The Morgan fingerprint density at radius 1 is 0.402 bits per heavy atom. The molecule has 0 heterocycles. The predicted octanol–water partition coefficient (Wildman–Crippen LogP) is 23.3. The predicted molar refractivity (Wildman–Crippen MR) is 376 cm³/mol.